The molecule has 1 aromatic rings. The van der Waals surface area contributed by atoms with Gasteiger partial charge in [0.25, 0.3) is 0 Å². The van der Waals surface area contributed by atoms with Crippen LogP contribution >= 0.6 is 0 Å². The third kappa shape index (κ3) is 4.77. The van der Waals surface area contributed by atoms with Crippen molar-refractivity contribution in [2.45, 2.75) is 52.4 Å². The van der Waals surface area contributed by atoms with Crippen LogP contribution < -0.4 is 5.32 Å². The summed E-state index contributed by atoms with van der Waals surface area (Å²) in [5.74, 6) is 1.46. The normalized spacial score (nSPS) is 18.3. The van der Waals surface area contributed by atoms with Gasteiger partial charge in [-0.3, -0.25) is 9.59 Å². The van der Waals surface area contributed by atoms with Crippen molar-refractivity contribution in [3.05, 3.63) is 11.7 Å². The van der Waals surface area contributed by atoms with Gasteiger partial charge in [0.05, 0.1) is 5.92 Å². The van der Waals surface area contributed by atoms with E-state index in [0.29, 0.717) is 37.6 Å². The highest BCUT2D eigenvalue weighted by molar-refractivity contribution is 5.81. The molecule has 0 radical (unpaired) electrons. The zero-order chi connectivity index (χ0) is 16.8. The molecule has 0 unspecified atom stereocenters. The van der Waals surface area contributed by atoms with E-state index in [2.05, 4.69) is 15.5 Å². The minimum absolute atomic E-state index is 0.00204. The van der Waals surface area contributed by atoms with E-state index in [0.717, 1.165) is 19.4 Å². The second-order valence-electron chi connectivity index (χ2n) is 6.27. The molecule has 1 saturated heterocycles. The van der Waals surface area contributed by atoms with Crippen LogP contribution in [0.1, 0.15) is 57.7 Å². The number of piperidine rings is 1. The molecular formula is C16H26N4O3. The lowest BCUT2D eigenvalue weighted by Crippen LogP contribution is -2.45. The van der Waals surface area contributed by atoms with E-state index in [1.54, 1.807) is 4.90 Å². The molecule has 0 aromatic carbocycles. The second kappa shape index (κ2) is 8.08. The second-order valence-corrected chi connectivity index (χ2v) is 6.27. The Morgan fingerprint density at radius 2 is 2.22 bits per heavy atom. The van der Waals surface area contributed by atoms with Crippen LogP contribution in [-0.2, 0) is 16.0 Å². The molecule has 2 rings (SSSR count). The van der Waals surface area contributed by atoms with Crippen LogP contribution in [0.4, 0.5) is 0 Å². The lowest BCUT2D eigenvalue weighted by atomic mass is 9.97. The van der Waals surface area contributed by atoms with Gasteiger partial charge in [-0.25, -0.2) is 0 Å². The maximum absolute atomic E-state index is 12.2. The molecule has 0 saturated carbocycles. The third-order valence-electron chi connectivity index (χ3n) is 4.09. The standard InChI is InChI=1S/C16H26N4O3/c1-4-14(21)20-9-5-6-12(10-20)16(22)17-8-7-13-18-15(11(2)3)19-23-13/h11-12H,4-10H2,1-3H3,(H,17,22)/t12-/m0/s1. The first-order chi connectivity index (χ1) is 11.0. The first kappa shape index (κ1) is 17.4. The van der Waals surface area contributed by atoms with Crippen LogP contribution in [0.2, 0.25) is 0 Å². The summed E-state index contributed by atoms with van der Waals surface area (Å²) in [6.45, 7) is 7.61. The molecule has 1 N–H and O–H groups in total. The number of carbonyl (C=O) groups excluding carboxylic acids is 2. The van der Waals surface area contributed by atoms with Gasteiger partial charge in [0.15, 0.2) is 5.82 Å². The predicted molar refractivity (Wildman–Crippen MR) is 84.7 cm³/mol. The van der Waals surface area contributed by atoms with Gasteiger partial charge >= 0.3 is 0 Å². The third-order valence-corrected chi connectivity index (χ3v) is 4.09. The summed E-state index contributed by atoms with van der Waals surface area (Å²) < 4.78 is 5.15. The molecule has 0 aliphatic carbocycles. The van der Waals surface area contributed by atoms with Gasteiger partial charge in [0.2, 0.25) is 17.7 Å². The van der Waals surface area contributed by atoms with Crippen LogP contribution in [0.15, 0.2) is 4.52 Å². The van der Waals surface area contributed by atoms with Gasteiger partial charge < -0.3 is 14.7 Å². The quantitative estimate of drug-likeness (QED) is 0.857. The van der Waals surface area contributed by atoms with Gasteiger partial charge in [-0.05, 0) is 12.8 Å². The molecule has 7 heteroatoms. The van der Waals surface area contributed by atoms with Crippen LogP contribution in [0.5, 0.6) is 0 Å². The fourth-order valence-electron chi connectivity index (χ4n) is 2.68. The summed E-state index contributed by atoms with van der Waals surface area (Å²) in [5, 5.41) is 6.81. The van der Waals surface area contributed by atoms with E-state index in [9.17, 15) is 9.59 Å². The Hall–Kier alpha value is -1.92. The maximum atomic E-state index is 12.2. The van der Waals surface area contributed by atoms with Crippen molar-refractivity contribution in [1.29, 1.82) is 0 Å². The molecule has 1 atom stereocenters. The fraction of sp³-hybridized carbons (Fsp3) is 0.750. The number of hydrogen-bond acceptors (Lipinski definition) is 5. The Bertz CT molecular complexity index is 541. The van der Waals surface area contributed by atoms with E-state index >= 15 is 0 Å². The Kier molecular flexibility index (Phi) is 6.12. The molecule has 1 aliphatic heterocycles. The smallest absolute Gasteiger partial charge is 0.228 e. The summed E-state index contributed by atoms with van der Waals surface area (Å²) in [5.41, 5.74) is 0. The highest BCUT2D eigenvalue weighted by atomic mass is 16.5. The summed E-state index contributed by atoms with van der Waals surface area (Å²) in [4.78, 5) is 30.1. The number of likely N-dealkylation sites (tertiary alicyclic amines) is 1. The van der Waals surface area contributed by atoms with E-state index < -0.39 is 0 Å². The molecule has 1 aromatic heterocycles. The molecule has 2 heterocycles. The molecular weight excluding hydrogens is 296 g/mol. The minimum atomic E-state index is -0.117. The van der Waals surface area contributed by atoms with Crippen molar-refractivity contribution >= 4 is 11.8 Å². The number of amides is 2. The van der Waals surface area contributed by atoms with Gasteiger partial charge in [0, 0.05) is 38.4 Å². The number of nitrogens with one attached hydrogen (secondary N) is 1. The van der Waals surface area contributed by atoms with Gasteiger partial charge in [-0.2, -0.15) is 4.98 Å². The topological polar surface area (TPSA) is 88.3 Å². The van der Waals surface area contributed by atoms with Crippen molar-refractivity contribution in [2.75, 3.05) is 19.6 Å². The SMILES string of the molecule is CCC(=O)N1CCC[C@H](C(=O)NCCc2nc(C(C)C)no2)C1. The number of carbonyl (C=O) groups is 2. The molecule has 2 amide bonds. The van der Waals surface area contributed by atoms with E-state index in [-0.39, 0.29) is 23.7 Å². The van der Waals surface area contributed by atoms with Crippen molar-refractivity contribution in [2.24, 2.45) is 5.92 Å². The molecule has 1 fully saturated rings. The number of hydrogen-bond donors (Lipinski definition) is 1. The molecule has 0 spiro atoms. The van der Waals surface area contributed by atoms with E-state index in [1.165, 1.54) is 0 Å². The zero-order valence-corrected chi connectivity index (χ0v) is 14.2. The predicted octanol–water partition coefficient (Wildman–Crippen LogP) is 1.50. The lowest BCUT2D eigenvalue weighted by molar-refractivity contribution is -0.135. The summed E-state index contributed by atoms with van der Waals surface area (Å²) >= 11 is 0. The highest BCUT2D eigenvalue weighted by Gasteiger charge is 2.27. The van der Waals surface area contributed by atoms with Gasteiger partial charge in [-0.1, -0.05) is 25.9 Å². The Morgan fingerprint density at radius 1 is 1.43 bits per heavy atom. The molecule has 128 valence electrons. The van der Waals surface area contributed by atoms with Crippen molar-refractivity contribution in [1.82, 2.24) is 20.4 Å². The van der Waals surface area contributed by atoms with Crippen LogP contribution in [0, 0.1) is 5.92 Å². The number of nitrogens with zero attached hydrogens (tertiary/aromatic N) is 3. The summed E-state index contributed by atoms with van der Waals surface area (Å²) in [7, 11) is 0. The van der Waals surface area contributed by atoms with Crippen LogP contribution in [0.3, 0.4) is 0 Å². The largest absolute Gasteiger partial charge is 0.355 e. The minimum Gasteiger partial charge on any atom is -0.355 e. The maximum Gasteiger partial charge on any atom is 0.228 e. The highest BCUT2D eigenvalue weighted by Crippen LogP contribution is 2.17. The van der Waals surface area contributed by atoms with E-state index in [4.69, 9.17) is 4.52 Å². The molecule has 1 aliphatic rings. The molecule has 7 nitrogen and oxygen atoms in total. The molecule has 0 bridgehead atoms. The van der Waals surface area contributed by atoms with Gasteiger partial charge in [0.1, 0.15) is 0 Å². The molecule has 23 heavy (non-hydrogen) atoms. The Balaban J connectivity index is 1.76. The van der Waals surface area contributed by atoms with Crippen molar-refractivity contribution < 1.29 is 14.1 Å². The average Bonchev–Trinajstić information content (AvgIpc) is 3.03. The first-order valence-electron chi connectivity index (χ1n) is 8.39. The zero-order valence-electron chi connectivity index (χ0n) is 14.2. The van der Waals surface area contributed by atoms with Crippen molar-refractivity contribution in [3.8, 4) is 0 Å². The number of aromatic nitrogens is 2. The van der Waals surface area contributed by atoms with Gasteiger partial charge in [-0.15, -0.1) is 0 Å². The average molecular weight is 322 g/mol. The monoisotopic (exact) mass is 322 g/mol. The summed E-state index contributed by atoms with van der Waals surface area (Å²) in [6, 6.07) is 0. The first-order valence-corrected chi connectivity index (χ1v) is 8.39. The van der Waals surface area contributed by atoms with Crippen LogP contribution in [0.25, 0.3) is 0 Å². The van der Waals surface area contributed by atoms with Crippen LogP contribution in [-0.4, -0.2) is 46.5 Å². The lowest BCUT2D eigenvalue weighted by Gasteiger charge is -2.31. The van der Waals surface area contributed by atoms with E-state index in [1.807, 2.05) is 20.8 Å². The fourth-order valence-corrected chi connectivity index (χ4v) is 2.68. The Morgan fingerprint density at radius 3 is 2.87 bits per heavy atom. The Labute approximate surface area is 136 Å². The van der Waals surface area contributed by atoms with Crippen molar-refractivity contribution in [3.63, 3.8) is 0 Å². The number of rotatable bonds is 6. The summed E-state index contributed by atoms with van der Waals surface area (Å²) in [6.07, 6.45) is 2.72.